The second kappa shape index (κ2) is 9.42. The van der Waals surface area contributed by atoms with Gasteiger partial charge < -0.3 is 10.6 Å². The molecule has 0 unspecified atom stereocenters. The maximum Gasteiger partial charge on any atom is 0.211 e. The first-order chi connectivity index (χ1) is 10.5. The third kappa shape index (κ3) is 6.90. The van der Waals surface area contributed by atoms with Crippen LogP contribution in [0.25, 0.3) is 0 Å². The summed E-state index contributed by atoms with van der Waals surface area (Å²) in [6.07, 6.45) is 2.43. The van der Waals surface area contributed by atoms with Crippen LogP contribution in [0, 0.1) is 0 Å². The molecule has 8 nitrogen and oxygen atoms in total. The van der Waals surface area contributed by atoms with E-state index in [1.54, 1.807) is 17.8 Å². The van der Waals surface area contributed by atoms with Crippen LogP contribution < -0.4 is 15.4 Å². The molecule has 0 spiro atoms. The molecule has 3 N–H and O–H groups in total. The van der Waals surface area contributed by atoms with Crippen LogP contribution in [0.4, 0.5) is 0 Å². The van der Waals surface area contributed by atoms with Crippen LogP contribution in [-0.2, 0) is 23.6 Å². The molecule has 0 aromatic carbocycles. The Balaban J connectivity index is 2.36. The quantitative estimate of drug-likeness (QED) is 0.331. The van der Waals surface area contributed by atoms with Gasteiger partial charge in [-0.2, -0.15) is 5.10 Å². The molecular formula is C13H26N6O2S. The lowest BCUT2D eigenvalue weighted by molar-refractivity contribution is 0.579. The number of nitrogens with one attached hydrogen (secondary N) is 3. The lowest BCUT2D eigenvalue weighted by Crippen LogP contribution is -2.39. The summed E-state index contributed by atoms with van der Waals surface area (Å²) in [6.45, 7) is 5.98. The number of aryl methyl sites for hydroxylation is 1. The summed E-state index contributed by atoms with van der Waals surface area (Å²) in [7, 11) is -1.23. The van der Waals surface area contributed by atoms with E-state index in [0.29, 0.717) is 32.0 Å². The van der Waals surface area contributed by atoms with Crippen molar-refractivity contribution in [3.63, 3.8) is 0 Å². The van der Waals surface area contributed by atoms with Crippen molar-refractivity contribution in [2.24, 2.45) is 12.0 Å². The molecule has 0 aliphatic carbocycles. The fraction of sp³-hybridized carbons (Fsp3) is 0.692. The lowest BCUT2D eigenvalue weighted by Gasteiger charge is -2.11. The Morgan fingerprint density at radius 3 is 2.68 bits per heavy atom. The number of guanidine groups is 1. The van der Waals surface area contributed by atoms with Gasteiger partial charge in [0.15, 0.2) is 5.96 Å². The van der Waals surface area contributed by atoms with Crippen LogP contribution in [0.5, 0.6) is 0 Å². The number of hydrogen-bond donors (Lipinski definition) is 3. The maximum absolute atomic E-state index is 11.3. The number of sulfonamides is 1. The predicted molar refractivity (Wildman–Crippen MR) is 88.1 cm³/mol. The molecular weight excluding hydrogens is 304 g/mol. The lowest BCUT2D eigenvalue weighted by atomic mass is 10.4. The van der Waals surface area contributed by atoms with Gasteiger partial charge >= 0.3 is 0 Å². The Bertz CT molecular complexity index is 567. The van der Waals surface area contributed by atoms with Crippen molar-refractivity contribution >= 4 is 16.0 Å². The van der Waals surface area contributed by atoms with Gasteiger partial charge in [0.2, 0.25) is 10.0 Å². The molecule has 0 aliphatic heterocycles. The zero-order chi connectivity index (χ0) is 16.4. The summed E-state index contributed by atoms with van der Waals surface area (Å²) >= 11 is 0. The van der Waals surface area contributed by atoms with Gasteiger partial charge in [-0.1, -0.05) is 0 Å². The van der Waals surface area contributed by atoms with E-state index in [1.165, 1.54) is 0 Å². The third-order valence-electron chi connectivity index (χ3n) is 3.01. The van der Waals surface area contributed by atoms with Crippen molar-refractivity contribution in [3.8, 4) is 0 Å². The van der Waals surface area contributed by atoms with Crippen LogP contribution in [0.1, 0.15) is 26.0 Å². The third-order valence-corrected chi connectivity index (χ3v) is 4.42. The molecule has 126 valence electrons. The van der Waals surface area contributed by atoms with Gasteiger partial charge in [-0.05, 0) is 26.3 Å². The molecule has 1 rings (SSSR count). The normalized spacial score (nSPS) is 12.4. The molecule has 1 aromatic heterocycles. The van der Waals surface area contributed by atoms with Crippen molar-refractivity contribution in [2.75, 3.05) is 25.4 Å². The second-order valence-corrected chi connectivity index (χ2v) is 6.81. The number of aromatic nitrogens is 2. The molecule has 0 amide bonds. The molecule has 0 atom stereocenters. The first-order valence-corrected chi connectivity index (χ1v) is 9.10. The fourth-order valence-corrected chi connectivity index (χ4v) is 2.34. The molecule has 1 aromatic rings. The van der Waals surface area contributed by atoms with Crippen molar-refractivity contribution in [2.45, 2.75) is 26.8 Å². The van der Waals surface area contributed by atoms with E-state index in [9.17, 15) is 8.42 Å². The van der Waals surface area contributed by atoms with E-state index in [1.807, 2.05) is 20.0 Å². The maximum atomic E-state index is 11.3. The molecule has 0 fully saturated rings. The molecule has 9 heteroatoms. The highest BCUT2D eigenvalue weighted by Crippen LogP contribution is 1.97. The number of aliphatic imine (C=N–C) groups is 1. The van der Waals surface area contributed by atoms with Crippen molar-refractivity contribution in [1.82, 2.24) is 25.1 Å². The number of hydrogen-bond acceptors (Lipinski definition) is 4. The molecule has 0 radical (unpaired) electrons. The van der Waals surface area contributed by atoms with Gasteiger partial charge in [-0.3, -0.25) is 4.68 Å². The predicted octanol–water partition coefficient (Wildman–Crippen LogP) is -0.195. The van der Waals surface area contributed by atoms with Gasteiger partial charge in [0.1, 0.15) is 0 Å². The summed E-state index contributed by atoms with van der Waals surface area (Å²) in [5.41, 5.74) is 1.02. The topological polar surface area (TPSA) is 100 Å². The van der Waals surface area contributed by atoms with Crippen LogP contribution in [0.3, 0.4) is 0 Å². The first-order valence-electron chi connectivity index (χ1n) is 7.45. The average molecular weight is 330 g/mol. The zero-order valence-corrected chi connectivity index (χ0v) is 14.3. The Labute approximate surface area is 132 Å². The molecule has 0 bridgehead atoms. The van der Waals surface area contributed by atoms with Gasteiger partial charge in [-0.25, -0.2) is 18.1 Å². The average Bonchev–Trinajstić information content (AvgIpc) is 2.89. The molecule has 0 saturated carbocycles. The molecule has 0 aliphatic rings. The van der Waals surface area contributed by atoms with Gasteiger partial charge in [0.05, 0.1) is 18.0 Å². The largest absolute Gasteiger partial charge is 0.357 e. The van der Waals surface area contributed by atoms with Crippen LogP contribution in [0.2, 0.25) is 0 Å². The standard InChI is InChI=1S/C13H26N6O2S/c1-4-14-13(16-11-12-7-10-17-19(12)3)15-8-6-9-18-22(20,21)5-2/h7,10,18H,4-6,8-9,11H2,1-3H3,(H2,14,15,16). The molecule has 1 heterocycles. The second-order valence-electron chi connectivity index (χ2n) is 4.72. The monoisotopic (exact) mass is 330 g/mol. The molecule has 22 heavy (non-hydrogen) atoms. The van der Waals surface area contributed by atoms with Gasteiger partial charge in [0, 0.05) is 32.9 Å². The first kappa shape index (κ1) is 18.4. The van der Waals surface area contributed by atoms with E-state index in [-0.39, 0.29) is 5.75 Å². The fourth-order valence-electron chi connectivity index (χ4n) is 1.68. The Hall–Kier alpha value is -1.61. The van der Waals surface area contributed by atoms with Crippen LogP contribution in [0.15, 0.2) is 17.3 Å². The Morgan fingerprint density at radius 1 is 1.32 bits per heavy atom. The van der Waals surface area contributed by atoms with Gasteiger partial charge in [0.25, 0.3) is 0 Å². The minimum atomic E-state index is -3.11. The summed E-state index contributed by atoms with van der Waals surface area (Å²) in [5.74, 6) is 0.817. The van der Waals surface area contributed by atoms with Crippen molar-refractivity contribution in [3.05, 3.63) is 18.0 Å². The Kier molecular flexibility index (Phi) is 7.89. The summed E-state index contributed by atoms with van der Waals surface area (Å²) < 4.78 is 26.9. The van der Waals surface area contributed by atoms with E-state index < -0.39 is 10.0 Å². The summed E-state index contributed by atoms with van der Waals surface area (Å²) in [5, 5.41) is 10.4. The number of rotatable bonds is 9. The van der Waals surface area contributed by atoms with E-state index >= 15 is 0 Å². The number of nitrogens with zero attached hydrogens (tertiary/aromatic N) is 3. The van der Waals surface area contributed by atoms with Gasteiger partial charge in [-0.15, -0.1) is 0 Å². The van der Waals surface area contributed by atoms with Crippen molar-refractivity contribution < 1.29 is 8.42 Å². The van der Waals surface area contributed by atoms with E-state index in [2.05, 4.69) is 25.4 Å². The van der Waals surface area contributed by atoms with E-state index in [4.69, 9.17) is 0 Å². The summed E-state index contributed by atoms with van der Waals surface area (Å²) in [4.78, 5) is 4.47. The SMILES string of the molecule is CCNC(=NCc1ccnn1C)NCCCNS(=O)(=O)CC. The van der Waals surface area contributed by atoms with E-state index in [0.717, 1.165) is 12.2 Å². The minimum absolute atomic E-state index is 0.106. The highest BCUT2D eigenvalue weighted by molar-refractivity contribution is 7.89. The highest BCUT2D eigenvalue weighted by Gasteiger charge is 2.04. The van der Waals surface area contributed by atoms with Crippen molar-refractivity contribution in [1.29, 1.82) is 0 Å². The molecule has 0 saturated heterocycles. The van der Waals surface area contributed by atoms with Crippen LogP contribution >= 0.6 is 0 Å². The Morgan fingerprint density at radius 2 is 2.09 bits per heavy atom. The summed E-state index contributed by atoms with van der Waals surface area (Å²) in [6, 6.07) is 1.92. The van der Waals surface area contributed by atoms with Crippen LogP contribution in [-0.4, -0.2) is 49.5 Å². The smallest absolute Gasteiger partial charge is 0.211 e. The highest BCUT2D eigenvalue weighted by atomic mass is 32.2. The minimum Gasteiger partial charge on any atom is -0.357 e. The zero-order valence-electron chi connectivity index (χ0n) is 13.5.